The fourth-order valence-corrected chi connectivity index (χ4v) is 2.61. The molecule has 0 aromatic heterocycles. The summed E-state index contributed by atoms with van der Waals surface area (Å²) in [4.78, 5) is 13.8. The molecule has 1 heterocycles. The fraction of sp³-hybridized carbons (Fsp3) is 0.235. The first-order valence-electron chi connectivity index (χ1n) is 7.11. The topological polar surface area (TPSA) is 55.6 Å². The smallest absolute Gasteiger partial charge is 0.265 e. The highest BCUT2D eigenvalue weighted by Gasteiger charge is 2.26. The van der Waals surface area contributed by atoms with Crippen molar-refractivity contribution in [1.82, 2.24) is 0 Å². The van der Waals surface area contributed by atoms with Gasteiger partial charge < -0.3 is 15.4 Å². The van der Waals surface area contributed by atoms with Gasteiger partial charge in [-0.15, -0.1) is 0 Å². The normalized spacial score (nSPS) is 13.7. The number of carbonyl (C=O) groups excluding carboxylic acids is 1. The number of anilines is 2. The van der Waals surface area contributed by atoms with Gasteiger partial charge in [-0.1, -0.05) is 36.4 Å². The molecule has 1 aliphatic heterocycles. The molecule has 0 fully saturated rings. The van der Waals surface area contributed by atoms with E-state index in [2.05, 4.69) is 12.1 Å². The van der Waals surface area contributed by atoms with Gasteiger partial charge in [-0.05, 0) is 30.5 Å². The number of para-hydroxylation sites is 1. The molecule has 108 valence electrons. The third-order valence-electron chi connectivity index (χ3n) is 3.64. The van der Waals surface area contributed by atoms with Crippen molar-refractivity contribution in [3.05, 3.63) is 54.1 Å². The first-order chi connectivity index (χ1) is 10.3. The molecule has 3 rings (SSSR count). The van der Waals surface area contributed by atoms with Crippen molar-refractivity contribution in [2.45, 2.75) is 12.8 Å². The van der Waals surface area contributed by atoms with Crippen molar-refractivity contribution in [3.8, 4) is 5.75 Å². The van der Waals surface area contributed by atoms with Crippen molar-refractivity contribution in [2.24, 2.45) is 0 Å². The number of nitrogen functional groups attached to an aromatic ring is 1. The van der Waals surface area contributed by atoms with Crippen LogP contribution in [0.1, 0.15) is 12.0 Å². The van der Waals surface area contributed by atoms with E-state index in [1.165, 1.54) is 5.56 Å². The van der Waals surface area contributed by atoms with E-state index >= 15 is 0 Å². The van der Waals surface area contributed by atoms with Crippen LogP contribution in [0.5, 0.6) is 5.75 Å². The van der Waals surface area contributed by atoms with Crippen molar-refractivity contribution >= 4 is 17.3 Å². The summed E-state index contributed by atoms with van der Waals surface area (Å²) in [5, 5.41) is 0. The third-order valence-corrected chi connectivity index (χ3v) is 3.64. The molecule has 0 aliphatic carbocycles. The molecule has 0 saturated heterocycles. The Morgan fingerprint density at radius 1 is 1.10 bits per heavy atom. The number of amides is 1. The predicted octanol–water partition coefficient (Wildman–Crippen LogP) is 2.63. The Morgan fingerprint density at radius 3 is 2.71 bits per heavy atom. The molecular weight excluding hydrogens is 264 g/mol. The van der Waals surface area contributed by atoms with Gasteiger partial charge >= 0.3 is 0 Å². The largest absolute Gasteiger partial charge is 0.481 e. The molecule has 1 amide bonds. The Bertz CT molecular complexity index is 640. The lowest BCUT2D eigenvalue weighted by Gasteiger charge is -2.30. The average Bonchev–Trinajstić information content (AvgIpc) is 2.51. The molecule has 21 heavy (non-hydrogen) atoms. The Hall–Kier alpha value is -2.49. The lowest BCUT2D eigenvalue weighted by atomic mass is 10.1. The molecule has 2 N–H and O–H groups in total. The Labute approximate surface area is 124 Å². The zero-order chi connectivity index (χ0) is 14.7. The number of aryl methyl sites for hydroxylation is 1. The lowest BCUT2D eigenvalue weighted by Crippen LogP contribution is -2.40. The van der Waals surface area contributed by atoms with E-state index in [-0.39, 0.29) is 12.5 Å². The zero-order valence-electron chi connectivity index (χ0n) is 11.8. The number of carbonyl (C=O) groups is 1. The third kappa shape index (κ3) is 2.84. The summed E-state index contributed by atoms with van der Waals surface area (Å²) in [7, 11) is 0. The maximum atomic E-state index is 12.1. The summed E-state index contributed by atoms with van der Waals surface area (Å²) in [6, 6.07) is 15.8. The monoisotopic (exact) mass is 282 g/mol. The van der Waals surface area contributed by atoms with Crippen molar-refractivity contribution in [2.75, 3.05) is 23.8 Å². The van der Waals surface area contributed by atoms with Crippen LogP contribution in [0.2, 0.25) is 0 Å². The number of hydrogen-bond donors (Lipinski definition) is 1. The molecule has 0 radical (unpaired) electrons. The van der Waals surface area contributed by atoms with E-state index in [0.29, 0.717) is 23.7 Å². The fourth-order valence-electron chi connectivity index (χ4n) is 2.61. The van der Waals surface area contributed by atoms with Crippen LogP contribution in [-0.2, 0) is 11.2 Å². The number of ether oxygens (including phenoxy) is 1. The van der Waals surface area contributed by atoms with Gasteiger partial charge in [0.05, 0.1) is 5.69 Å². The number of rotatable bonds is 4. The number of hydrogen-bond acceptors (Lipinski definition) is 3. The number of fused-ring (bicyclic) bond motifs is 1. The Morgan fingerprint density at radius 2 is 1.90 bits per heavy atom. The van der Waals surface area contributed by atoms with Crippen LogP contribution in [0.15, 0.2) is 48.5 Å². The van der Waals surface area contributed by atoms with E-state index in [4.69, 9.17) is 10.5 Å². The standard InChI is InChI=1S/C17H18N2O2/c18-14-9-4-10-15-17(14)19(16(20)12-21-15)11-5-8-13-6-2-1-3-7-13/h1-4,6-7,9-10H,5,8,11-12,18H2. The van der Waals surface area contributed by atoms with Gasteiger partial charge in [-0.25, -0.2) is 0 Å². The van der Waals surface area contributed by atoms with Gasteiger partial charge in [0.2, 0.25) is 0 Å². The summed E-state index contributed by atoms with van der Waals surface area (Å²) in [6.07, 6.45) is 1.83. The molecule has 0 spiro atoms. The van der Waals surface area contributed by atoms with Gasteiger partial charge in [0.25, 0.3) is 5.91 Å². The van der Waals surface area contributed by atoms with Gasteiger partial charge in [0.15, 0.2) is 6.61 Å². The molecule has 0 bridgehead atoms. The molecule has 1 aliphatic rings. The minimum absolute atomic E-state index is 0.0338. The summed E-state index contributed by atoms with van der Waals surface area (Å²) < 4.78 is 5.44. The maximum absolute atomic E-state index is 12.1. The predicted molar refractivity (Wildman–Crippen MR) is 83.5 cm³/mol. The van der Waals surface area contributed by atoms with Crippen LogP contribution in [0.25, 0.3) is 0 Å². The highest BCUT2D eigenvalue weighted by Crippen LogP contribution is 2.37. The lowest BCUT2D eigenvalue weighted by molar-refractivity contribution is -0.121. The minimum atomic E-state index is -0.0338. The highest BCUT2D eigenvalue weighted by atomic mass is 16.5. The van der Waals surface area contributed by atoms with Gasteiger partial charge in [-0.2, -0.15) is 0 Å². The molecule has 2 aromatic carbocycles. The second kappa shape index (κ2) is 5.87. The van der Waals surface area contributed by atoms with E-state index in [9.17, 15) is 4.79 Å². The van der Waals surface area contributed by atoms with Crippen LogP contribution >= 0.6 is 0 Å². The first kappa shape index (κ1) is 13.5. The average molecular weight is 282 g/mol. The number of nitrogens with two attached hydrogens (primary N) is 1. The van der Waals surface area contributed by atoms with E-state index in [1.807, 2.05) is 30.3 Å². The summed E-state index contributed by atoms with van der Waals surface area (Å²) >= 11 is 0. The van der Waals surface area contributed by atoms with Crippen molar-refractivity contribution in [1.29, 1.82) is 0 Å². The van der Waals surface area contributed by atoms with Crippen LogP contribution in [0.4, 0.5) is 11.4 Å². The Kier molecular flexibility index (Phi) is 3.77. The minimum Gasteiger partial charge on any atom is -0.481 e. The summed E-state index contributed by atoms with van der Waals surface area (Å²) in [5.41, 5.74) is 8.57. The second-order valence-electron chi connectivity index (χ2n) is 5.12. The molecule has 0 unspecified atom stereocenters. The second-order valence-corrected chi connectivity index (χ2v) is 5.12. The van der Waals surface area contributed by atoms with Crippen molar-refractivity contribution < 1.29 is 9.53 Å². The zero-order valence-corrected chi connectivity index (χ0v) is 11.8. The highest BCUT2D eigenvalue weighted by molar-refractivity contribution is 6.01. The van der Waals surface area contributed by atoms with E-state index < -0.39 is 0 Å². The SMILES string of the molecule is Nc1cccc2c1N(CCCc1ccccc1)C(=O)CO2. The first-order valence-corrected chi connectivity index (χ1v) is 7.11. The molecule has 0 atom stereocenters. The number of benzene rings is 2. The van der Waals surface area contributed by atoms with Crippen LogP contribution in [-0.4, -0.2) is 19.1 Å². The van der Waals surface area contributed by atoms with Crippen LogP contribution < -0.4 is 15.4 Å². The quantitative estimate of drug-likeness (QED) is 0.877. The van der Waals surface area contributed by atoms with E-state index in [1.54, 1.807) is 11.0 Å². The van der Waals surface area contributed by atoms with Crippen LogP contribution in [0.3, 0.4) is 0 Å². The molecule has 0 saturated carbocycles. The van der Waals surface area contributed by atoms with Gasteiger partial charge in [0.1, 0.15) is 11.4 Å². The van der Waals surface area contributed by atoms with Crippen molar-refractivity contribution in [3.63, 3.8) is 0 Å². The molecule has 4 nitrogen and oxygen atoms in total. The molecular formula is C17H18N2O2. The molecule has 4 heteroatoms. The van der Waals surface area contributed by atoms with Gasteiger partial charge in [0, 0.05) is 6.54 Å². The summed E-state index contributed by atoms with van der Waals surface area (Å²) in [6.45, 7) is 0.736. The number of nitrogens with zero attached hydrogens (tertiary/aromatic N) is 1. The summed E-state index contributed by atoms with van der Waals surface area (Å²) in [5.74, 6) is 0.655. The Balaban J connectivity index is 1.72. The van der Waals surface area contributed by atoms with Crippen LogP contribution in [0, 0.1) is 0 Å². The maximum Gasteiger partial charge on any atom is 0.265 e. The van der Waals surface area contributed by atoms with Gasteiger partial charge in [-0.3, -0.25) is 4.79 Å². The molecule has 2 aromatic rings. The van der Waals surface area contributed by atoms with E-state index in [0.717, 1.165) is 12.8 Å².